The number of hydrogen-bond donors (Lipinski definition) is 2. The lowest BCUT2D eigenvalue weighted by Gasteiger charge is -2.20. The molecular formula is C20H23BrN2S. The summed E-state index contributed by atoms with van der Waals surface area (Å²) in [7, 11) is 0. The number of halogens is 1. The smallest absolute Gasteiger partial charge is 0.164 e. The Kier molecular flexibility index (Phi) is 5.57. The molecule has 1 unspecified atom stereocenters. The first kappa shape index (κ1) is 17.4. The maximum Gasteiger partial charge on any atom is 0.164 e. The summed E-state index contributed by atoms with van der Waals surface area (Å²) in [6.07, 6.45) is 5.68. The van der Waals surface area contributed by atoms with Crippen LogP contribution in [0.5, 0.6) is 0 Å². The average Bonchev–Trinajstić information content (AvgIpc) is 2.90. The Balaban J connectivity index is 1.86. The van der Waals surface area contributed by atoms with Crippen molar-refractivity contribution in [2.45, 2.75) is 45.1 Å². The molecule has 2 nitrogen and oxygen atoms in total. The van der Waals surface area contributed by atoms with Crippen LogP contribution in [-0.2, 0) is 6.42 Å². The van der Waals surface area contributed by atoms with Gasteiger partial charge in [0.25, 0.3) is 0 Å². The van der Waals surface area contributed by atoms with E-state index in [1.54, 1.807) is 0 Å². The molecule has 2 aromatic carbocycles. The second kappa shape index (κ2) is 7.66. The van der Waals surface area contributed by atoms with Crippen LogP contribution >= 0.6 is 28.1 Å². The third-order valence-electron chi connectivity index (χ3n) is 4.68. The van der Waals surface area contributed by atoms with E-state index >= 15 is 0 Å². The molecule has 0 heterocycles. The van der Waals surface area contributed by atoms with Crippen LogP contribution in [0.4, 0.5) is 0 Å². The van der Waals surface area contributed by atoms with Gasteiger partial charge in [0.1, 0.15) is 0 Å². The summed E-state index contributed by atoms with van der Waals surface area (Å²) in [5, 5.41) is 3.66. The molecule has 0 spiro atoms. The van der Waals surface area contributed by atoms with E-state index in [1.165, 1.54) is 47.1 Å². The summed E-state index contributed by atoms with van der Waals surface area (Å²) in [6, 6.07) is 13.5. The number of nitrogens with one attached hydrogen (secondary N) is 1. The fourth-order valence-corrected chi connectivity index (χ4v) is 4.06. The zero-order valence-electron chi connectivity index (χ0n) is 13.9. The molecule has 126 valence electrons. The third-order valence-corrected chi connectivity index (χ3v) is 5.29. The number of rotatable bonds is 6. The van der Waals surface area contributed by atoms with Crippen molar-refractivity contribution < 1.29 is 0 Å². The quantitative estimate of drug-likeness (QED) is 0.423. The maximum absolute atomic E-state index is 5.75. The van der Waals surface area contributed by atoms with Crippen molar-refractivity contribution in [1.29, 1.82) is 0 Å². The monoisotopic (exact) mass is 402 g/mol. The molecule has 1 aliphatic carbocycles. The molecule has 0 saturated carbocycles. The van der Waals surface area contributed by atoms with Gasteiger partial charge in [-0.2, -0.15) is 0 Å². The number of benzene rings is 2. The standard InChI is InChI=1S/C20H23BrN2S/c1-2-3-4-5-19(23-20(22)24)13-6-8-17-14(10-13)11-15-12-16(21)7-9-18(15)17/h6-10,12,19H,2-5,11H2,1H3,(H3,22,23,24). The van der Waals surface area contributed by atoms with E-state index in [1.807, 2.05) is 0 Å². The molecule has 3 N–H and O–H groups in total. The van der Waals surface area contributed by atoms with E-state index in [0.29, 0.717) is 5.11 Å². The molecule has 1 aliphatic rings. The van der Waals surface area contributed by atoms with Gasteiger partial charge in [-0.05, 0) is 65.0 Å². The van der Waals surface area contributed by atoms with Crippen LogP contribution in [0.1, 0.15) is 55.3 Å². The van der Waals surface area contributed by atoms with Gasteiger partial charge in [0.2, 0.25) is 0 Å². The Morgan fingerprint density at radius 3 is 2.58 bits per heavy atom. The molecule has 0 bridgehead atoms. The highest BCUT2D eigenvalue weighted by Crippen LogP contribution is 2.39. The summed E-state index contributed by atoms with van der Waals surface area (Å²) < 4.78 is 1.14. The largest absolute Gasteiger partial charge is 0.376 e. The highest BCUT2D eigenvalue weighted by molar-refractivity contribution is 9.10. The minimum atomic E-state index is 0.204. The van der Waals surface area contributed by atoms with Crippen LogP contribution in [0.2, 0.25) is 0 Å². The Labute approximate surface area is 158 Å². The highest BCUT2D eigenvalue weighted by atomic mass is 79.9. The highest BCUT2D eigenvalue weighted by Gasteiger charge is 2.21. The van der Waals surface area contributed by atoms with E-state index in [-0.39, 0.29) is 6.04 Å². The minimum absolute atomic E-state index is 0.204. The summed E-state index contributed by atoms with van der Waals surface area (Å²) in [5.41, 5.74) is 12.5. The Morgan fingerprint density at radius 1 is 1.17 bits per heavy atom. The van der Waals surface area contributed by atoms with E-state index in [0.717, 1.165) is 17.3 Å². The Morgan fingerprint density at radius 2 is 1.88 bits per heavy atom. The van der Waals surface area contributed by atoms with Crippen molar-refractivity contribution in [3.05, 3.63) is 57.6 Å². The van der Waals surface area contributed by atoms with Crippen molar-refractivity contribution in [2.75, 3.05) is 0 Å². The molecule has 1 atom stereocenters. The lowest BCUT2D eigenvalue weighted by Crippen LogP contribution is -2.33. The van der Waals surface area contributed by atoms with E-state index in [9.17, 15) is 0 Å². The van der Waals surface area contributed by atoms with Gasteiger partial charge in [0, 0.05) is 4.47 Å². The second-order valence-corrected chi connectivity index (χ2v) is 7.81. The molecule has 0 radical (unpaired) electrons. The van der Waals surface area contributed by atoms with E-state index < -0.39 is 0 Å². The van der Waals surface area contributed by atoms with Crippen molar-refractivity contribution in [3.8, 4) is 11.1 Å². The molecule has 2 aromatic rings. The SMILES string of the molecule is CCCCCC(NC(N)=S)c1ccc2c(c1)Cc1cc(Br)ccc1-2. The topological polar surface area (TPSA) is 38.0 Å². The molecule has 0 saturated heterocycles. The molecule has 0 aromatic heterocycles. The van der Waals surface area contributed by atoms with Crippen molar-refractivity contribution >= 4 is 33.3 Å². The number of unbranched alkanes of at least 4 members (excludes halogenated alkanes) is 2. The van der Waals surface area contributed by atoms with E-state index in [2.05, 4.69) is 64.6 Å². The zero-order chi connectivity index (χ0) is 17.1. The summed E-state index contributed by atoms with van der Waals surface area (Å²) in [5.74, 6) is 0. The minimum Gasteiger partial charge on any atom is -0.376 e. The van der Waals surface area contributed by atoms with Gasteiger partial charge >= 0.3 is 0 Å². The van der Waals surface area contributed by atoms with Crippen LogP contribution in [0.25, 0.3) is 11.1 Å². The summed E-state index contributed by atoms with van der Waals surface area (Å²) in [4.78, 5) is 0. The fraction of sp³-hybridized carbons (Fsp3) is 0.350. The van der Waals surface area contributed by atoms with Crippen LogP contribution in [0.3, 0.4) is 0 Å². The molecule has 24 heavy (non-hydrogen) atoms. The first-order valence-electron chi connectivity index (χ1n) is 8.56. The van der Waals surface area contributed by atoms with E-state index in [4.69, 9.17) is 18.0 Å². The van der Waals surface area contributed by atoms with Gasteiger partial charge in [-0.25, -0.2) is 0 Å². The third kappa shape index (κ3) is 3.81. The zero-order valence-corrected chi connectivity index (χ0v) is 16.3. The van der Waals surface area contributed by atoms with Gasteiger partial charge in [-0.15, -0.1) is 0 Å². The number of thiocarbonyl (C=S) groups is 1. The summed E-state index contributed by atoms with van der Waals surface area (Å²) >= 11 is 8.65. The first-order valence-corrected chi connectivity index (χ1v) is 9.76. The maximum atomic E-state index is 5.75. The molecule has 0 fully saturated rings. The number of hydrogen-bond acceptors (Lipinski definition) is 1. The predicted molar refractivity (Wildman–Crippen MR) is 109 cm³/mol. The predicted octanol–water partition coefficient (Wildman–Crippen LogP) is 5.47. The molecule has 0 amide bonds. The lowest BCUT2D eigenvalue weighted by atomic mass is 9.96. The fourth-order valence-electron chi connectivity index (χ4n) is 3.51. The van der Waals surface area contributed by atoms with Gasteiger partial charge < -0.3 is 11.1 Å². The molecule has 4 heteroatoms. The van der Waals surface area contributed by atoms with Crippen LogP contribution in [0.15, 0.2) is 40.9 Å². The van der Waals surface area contributed by atoms with Crippen LogP contribution in [0, 0.1) is 0 Å². The lowest BCUT2D eigenvalue weighted by molar-refractivity contribution is 0.542. The molecule has 3 rings (SSSR count). The van der Waals surface area contributed by atoms with Crippen molar-refractivity contribution in [1.82, 2.24) is 5.32 Å². The second-order valence-electron chi connectivity index (χ2n) is 6.45. The Hall–Kier alpha value is -1.39. The average molecular weight is 403 g/mol. The van der Waals surface area contributed by atoms with Crippen molar-refractivity contribution in [3.63, 3.8) is 0 Å². The van der Waals surface area contributed by atoms with Crippen LogP contribution in [-0.4, -0.2) is 5.11 Å². The number of fused-ring (bicyclic) bond motifs is 3. The van der Waals surface area contributed by atoms with Gasteiger partial charge in [0.05, 0.1) is 6.04 Å². The summed E-state index contributed by atoms with van der Waals surface area (Å²) in [6.45, 7) is 2.22. The number of nitrogens with two attached hydrogens (primary N) is 1. The van der Waals surface area contributed by atoms with Gasteiger partial charge in [-0.1, -0.05) is 66.4 Å². The van der Waals surface area contributed by atoms with Gasteiger partial charge in [0.15, 0.2) is 5.11 Å². The van der Waals surface area contributed by atoms with Crippen molar-refractivity contribution in [2.24, 2.45) is 5.73 Å². The normalized spacial score (nSPS) is 13.2. The molecule has 0 aliphatic heterocycles. The Bertz CT molecular complexity index is 757. The first-order chi connectivity index (χ1) is 11.6. The van der Waals surface area contributed by atoms with Crippen LogP contribution < -0.4 is 11.1 Å². The molecular weight excluding hydrogens is 380 g/mol. The van der Waals surface area contributed by atoms with Gasteiger partial charge in [-0.3, -0.25) is 0 Å².